The zero-order chi connectivity index (χ0) is 15.6. The van der Waals surface area contributed by atoms with Crippen LogP contribution in [0.1, 0.15) is 5.56 Å². The molecule has 0 saturated carbocycles. The molecule has 114 valence electrons. The van der Waals surface area contributed by atoms with Gasteiger partial charge in [0.2, 0.25) is 0 Å². The van der Waals surface area contributed by atoms with Crippen LogP contribution in [-0.4, -0.2) is 29.9 Å². The summed E-state index contributed by atoms with van der Waals surface area (Å²) < 4.78 is 15.3. The lowest BCUT2D eigenvalue weighted by Gasteiger charge is -2.04. The van der Waals surface area contributed by atoms with Gasteiger partial charge < -0.3 is 5.32 Å². The smallest absolute Gasteiger partial charge is 0.160 e. The SMILES string of the molecule is Fc1ccccc1Cn1cc(Nc2ncnc3[nH]ncc23)cn1. The van der Waals surface area contributed by atoms with Crippen molar-refractivity contribution in [3.63, 3.8) is 0 Å². The first kappa shape index (κ1) is 13.4. The number of fused-ring (bicyclic) bond motifs is 1. The van der Waals surface area contributed by atoms with Crippen molar-refractivity contribution < 1.29 is 4.39 Å². The highest BCUT2D eigenvalue weighted by molar-refractivity contribution is 5.87. The van der Waals surface area contributed by atoms with Crippen molar-refractivity contribution in [2.75, 3.05) is 5.32 Å². The maximum atomic E-state index is 13.7. The fraction of sp³-hybridized carbons (Fsp3) is 0.0667. The average Bonchev–Trinajstić information content (AvgIpc) is 3.19. The molecule has 0 aliphatic heterocycles. The summed E-state index contributed by atoms with van der Waals surface area (Å²) in [6.07, 6.45) is 6.56. The monoisotopic (exact) mass is 309 g/mol. The van der Waals surface area contributed by atoms with Gasteiger partial charge in [-0.25, -0.2) is 14.4 Å². The summed E-state index contributed by atoms with van der Waals surface area (Å²) in [7, 11) is 0. The fourth-order valence-electron chi connectivity index (χ4n) is 2.32. The summed E-state index contributed by atoms with van der Waals surface area (Å²) in [5.41, 5.74) is 1.99. The van der Waals surface area contributed by atoms with Crippen molar-refractivity contribution in [3.05, 3.63) is 60.6 Å². The van der Waals surface area contributed by atoms with E-state index < -0.39 is 0 Å². The van der Waals surface area contributed by atoms with Crippen molar-refractivity contribution in [1.82, 2.24) is 29.9 Å². The molecule has 0 spiro atoms. The lowest BCUT2D eigenvalue weighted by molar-refractivity contribution is 0.585. The molecule has 0 atom stereocenters. The van der Waals surface area contributed by atoms with E-state index in [-0.39, 0.29) is 5.82 Å². The maximum Gasteiger partial charge on any atom is 0.160 e. The molecule has 0 bridgehead atoms. The Morgan fingerprint density at radius 1 is 1.17 bits per heavy atom. The van der Waals surface area contributed by atoms with E-state index in [1.54, 1.807) is 41.5 Å². The molecule has 23 heavy (non-hydrogen) atoms. The van der Waals surface area contributed by atoms with Crippen LogP contribution in [0.3, 0.4) is 0 Å². The maximum absolute atomic E-state index is 13.7. The Morgan fingerprint density at radius 3 is 3.00 bits per heavy atom. The molecular weight excluding hydrogens is 297 g/mol. The van der Waals surface area contributed by atoms with E-state index in [4.69, 9.17) is 0 Å². The van der Waals surface area contributed by atoms with Gasteiger partial charge in [-0.15, -0.1) is 0 Å². The van der Waals surface area contributed by atoms with Crippen LogP contribution < -0.4 is 5.32 Å². The van der Waals surface area contributed by atoms with E-state index in [1.165, 1.54) is 12.4 Å². The zero-order valence-corrected chi connectivity index (χ0v) is 11.9. The number of anilines is 2. The number of nitrogens with one attached hydrogen (secondary N) is 2. The summed E-state index contributed by atoms with van der Waals surface area (Å²) >= 11 is 0. The fourth-order valence-corrected chi connectivity index (χ4v) is 2.32. The Balaban J connectivity index is 1.56. The Kier molecular flexibility index (Phi) is 3.19. The standard InChI is InChI=1S/C15H12FN7/c16-13-4-2-1-3-10(13)7-23-8-11(5-20-23)21-14-12-6-19-22-15(12)18-9-17-14/h1-6,8-9H,7H2,(H2,17,18,19,21,22). The van der Waals surface area contributed by atoms with E-state index in [1.807, 2.05) is 0 Å². The highest BCUT2D eigenvalue weighted by Gasteiger charge is 2.08. The molecule has 0 fully saturated rings. The number of rotatable bonds is 4. The minimum atomic E-state index is -0.242. The predicted octanol–water partition coefficient (Wildman–Crippen LogP) is 2.48. The Labute approximate surface area is 130 Å². The summed E-state index contributed by atoms with van der Waals surface area (Å²) in [6.45, 7) is 0.360. The van der Waals surface area contributed by atoms with Crippen LogP contribution in [0.25, 0.3) is 11.0 Å². The van der Waals surface area contributed by atoms with Gasteiger partial charge in [-0.05, 0) is 6.07 Å². The normalized spacial score (nSPS) is 11.0. The van der Waals surface area contributed by atoms with Gasteiger partial charge in [0.1, 0.15) is 18.0 Å². The summed E-state index contributed by atoms with van der Waals surface area (Å²) in [5.74, 6) is 0.391. The van der Waals surface area contributed by atoms with Crippen LogP contribution in [0.5, 0.6) is 0 Å². The van der Waals surface area contributed by atoms with Gasteiger partial charge in [0.15, 0.2) is 5.65 Å². The van der Waals surface area contributed by atoms with E-state index in [0.717, 1.165) is 11.1 Å². The molecule has 3 aromatic heterocycles. The molecule has 0 saturated heterocycles. The molecule has 0 radical (unpaired) electrons. The highest BCUT2D eigenvalue weighted by Crippen LogP contribution is 2.21. The third-order valence-corrected chi connectivity index (χ3v) is 3.43. The van der Waals surface area contributed by atoms with Gasteiger partial charge in [-0.2, -0.15) is 10.2 Å². The number of aromatic nitrogens is 6. The Morgan fingerprint density at radius 2 is 2.09 bits per heavy atom. The quantitative estimate of drug-likeness (QED) is 0.605. The van der Waals surface area contributed by atoms with Gasteiger partial charge >= 0.3 is 0 Å². The topological polar surface area (TPSA) is 84.3 Å². The highest BCUT2D eigenvalue weighted by atomic mass is 19.1. The van der Waals surface area contributed by atoms with Crippen LogP contribution in [-0.2, 0) is 6.54 Å². The molecule has 0 aliphatic carbocycles. The van der Waals surface area contributed by atoms with Crippen molar-refractivity contribution in [2.24, 2.45) is 0 Å². The first-order chi connectivity index (χ1) is 11.3. The number of nitrogens with zero attached hydrogens (tertiary/aromatic N) is 5. The third kappa shape index (κ3) is 2.61. The second-order valence-electron chi connectivity index (χ2n) is 5.00. The van der Waals surface area contributed by atoms with Gasteiger partial charge in [0, 0.05) is 11.8 Å². The van der Waals surface area contributed by atoms with Crippen molar-refractivity contribution in [3.8, 4) is 0 Å². The van der Waals surface area contributed by atoms with E-state index in [9.17, 15) is 4.39 Å². The van der Waals surface area contributed by atoms with E-state index >= 15 is 0 Å². The average molecular weight is 309 g/mol. The number of benzene rings is 1. The molecule has 0 amide bonds. The van der Waals surface area contributed by atoms with E-state index in [2.05, 4.69) is 30.6 Å². The van der Waals surface area contributed by atoms with Crippen LogP contribution in [0.15, 0.2) is 49.2 Å². The van der Waals surface area contributed by atoms with Crippen LogP contribution in [0, 0.1) is 5.82 Å². The summed E-state index contributed by atoms with van der Waals surface area (Å²) in [5, 5.41) is 14.9. The molecule has 3 heterocycles. The molecule has 0 aliphatic rings. The first-order valence-electron chi connectivity index (χ1n) is 6.96. The van der Waals surface area contributed by atoms with Crippen molar-refractivity contribution in [1.29, 1.82) is 0 Å². The molecule has 8 heteroatoms. The minimum absolute atomic E-state index is 0.242. The second-order valence-corrected chi connectivity index (χ2v) is 5.00. The number of hydrogen-bond donors (Lipinski definition) is 2. The molecule has 7 nitrogen and oxygen atoms in total. The number of halogens is 1. The molecule has 2 N–H and O–H groups in total. The Hall–Kier alpha value is -3.29. The van der Waals surface area contributed by atoms with Crippen LogP contribution in [0.4, 0.5) is 15.9 Å². The molecule has 4 rings (SSSR count). The molecule has 0 unspecified atom stereocenters. The van der Waals surface area contributed by atoms with Crippen LogP contribution in [0.2, 0.25) is 0 Å². The number of H-pyrrole nitrogens is 1. The minimum Gasteiger partial charge on any atom is -0.337 e. The molecule has 4 aromatic rings. The molecular formula is C15H12FN7. The third-order valence-electron chi connectivity index (χ3n) is 3.43. The van der Waals surface area contributed by atoms with Crippen molar-refractivity contribution >= 4 is 22.5 Å². The van der Waals surface area contributed by atoms with Gasteiger partial charge in [-0.1, -0.05) is 18.2 Å². The van der Waals surface area contributed by atoms with Gasteiger partial charge in [0.25, 0.3) is 0 Å². The lowest BCUT2D eigenvalue weighted by Crippen LogP contribution is -2.02. The van der Waals surface area contributed by atoms with E-state index in [0.29, 0.717) is 23.6 Å². The largest absolute Gasteiger partial charge is 0.337 e. The lowest BCUT2D eigenvalue weighted by atomic mass is 10.2. The van der Waals surface area contributed by atoms with Crippen LogP contribution >= 0.6 is 0 Å². The number of aromatic amines is 1. The molecule has 1 aromatic carbocycles. The summed E-state index contributed by atoms with van der Waals surface area (Å²) in [6, 6.07) is 6.65. The van der Waals surface area contributed by atoms with Crippen molar-refractivity contribution in [2.45, 2.75) is 6.54 Å². The predicted molar refractivity (Wildman–Crippen MR) is 82.7 cm³/mol. The first-order valence-corrected chi connectivity index (χ1v) is 6.96. The van der Waals surface area contributed by atoms with Gasteiger partial charge in [-0.3, -0.25) is 9.78 Å². The Bertz CT molecular complexity index is 959. The number of hydrogen-bond acceptors (Lipinski definition) is 5. The summed E-state index contributed by atoms with van der Waals surface area (Å²) in [4.78, 5) is 8.29. The zero-order valence-electron chi connectivity index (χ0n) is 11.9. The second kappa shape index (κ2) is 5.48. The van der Waals surface area contributed by atoms with Gasteiger partial charge in [0.05, 0.1) is 30.0 Å².